The number of nitrogens with zero attached hydrogens (tertiary/aromatic N) is 1. The lowest BCUT2D eigenvalue weighted by molar-refractivity contribution is 0.0974. The summed E-state index contributed by atoms with van der Waals surface area (Å²) < 4.78 is 6.16. The summed E-state index contributed by atoms with van der Waals surface area (Å²) in [6.45, 7) is 3.82. The average molecular weight is 444 g/mol. The van der Waals surface area contributed by atoms with E-state index < -0.39 is 0 Å². The molecule has 0 aliphatic carbocycles. The third-order valence-electron chi connectivity index (χ3n) is 4.03. The Morgan fingerprint density at radius 2 is 1.96 bits per heavy atom. The molecule has 7 heteroatoms. The summed E-state index contributed by atoms with van der Waals surface area (Å²) >= 11 is 8.74. The maximum atomic E-state index is 12.7. The topological polar surface area (TPSA) is 63.2 Å². The lowest BCUT2D eigenvalue weighted by Crippen LogP contribution is -2.34. The number of anilines is 1. The third-order valence-corrected chi connectivity index (χ3v) is 4.70. The molecular weight excluding hydrogens is 426 g/mol. The normalized spacial score (nSPS) is 10.5. The monoisotopic (exact) mass is 443 g/mol. The summed E-state index contributed by atoms with van der Waals surface area (Å²) in [5, 5.41) is 6.92. The number of amides is 1. The zero-order chi connectivity index (χ0) is 19.6. The van der Waals surface area contributed by atoms with Crippen molar-refractivity contribution in [3.8, 4) is 5.75 Å². The predicted octanol–water partition coefficient (Wildman–Crippen LogP) is 4.75. The van der Waals surface area contributed by atoms with Crippen molar-refractivity contribution in [2.24, 2.45) is 0 Å². The number of pyridine rings is 1. The van der Waals surface area contributed by atoms with Gasteiger partial charge in [-0.3, -0.25) is 15.1 Å². The van der Waals surface area contributed by atoms with Gasteiger partial charge in [-0.05, 0) is 68.0 Å². The Morgan fingerprint density at radius 3 is 2.70 bits per heavy atom. The number of ether oxygens (including phenoxy) is 1. The van der Waals surface area contributed by atoms with E-state index in [1.807, 2.05) is 50.2 Å². The number of fused-ring (bicyclic) bond motifs is 1. The van der Waals surface area contributed by atoms with Crippen molar-refractivity contribution in [2.45, 2.75) is 13.8 Å². The summed E-state index contributed by atoms with van der Waals surface area (Å²) in [5.74, 6) is 0.172. The van der Waals surface area contributed by atoms with Crippen LogP contribution in [0.5, 0.6) is 5.75 Å². The van der Waals surface area contributed by atoms with Crippen molar-refractivity contribution in [1.82, 2.24) is 10.3 Å². The Kier molecular flexibility index (Phi) is 5.72. The van der Waals surface area contributed by atoms with Gasteiger partial charge in [0.1, 0.15) is 5.75 Å². The lowest BCUT2D eigenvalue weighted by atomic mass is 10.1. The molecule has 0 atom stereocenters. The highest BCUT2D eigenvalue weighted by atomic mass is 79.9. The van der Waals surface area contributed by atoms with Gasteiger partial charge in [0.05, 0.1) is 18.2 Å². The van der Waals surface area contributed by atoms with Crippen molar-refractivity contribution >= 4 is 55.8 Å². The number of nitrogens with one attached hydrogen (secondary N) is 2. The zero-order valence-electron chi connectivity index (χ0n) is 15.1. The smallest absolute Gasteiger partial charge is 0.261 e. The summed E-state index contributed by atoms with van der Waals surface area (Å²) in [7, 11) is 1.54. The molecular formula is C20H18BrN3O2S. The van der Waals surface area contributed by atoms with Crippen LogP contribution >= 0.6 is 28.1 Å². The van der Waals surface area contributed by atoms with Gasteiger partial charge in [-0.2, -0.15) is 0 Å². The molecule has 1 heterocycles. The van der Waals surface area contributed by atoms with E-state index >= 15 is 0 Å². The van der Waals surface area contributed by atoms with E-state index in [0.717, 1.165) is 32.3 Å². The molecule has 2 aromatic carbocycles. The van der Waals surface area contributed by atoms with Crippen molar-refractivity contribution in [1.29, 1.82) is 0 Å². The molecule has 2 N–H and O–H groups in total. The fraction of sp³-hybridized carbons (Fsp3) is 0.150. The van der Waals surface area contributed by atoms with Gasteiger partial charge in [0.25, 0.3) is 5.91 Å². The maximum Gasteiger partial charge on any atom is 0.261 e. The minimum absolute atomic E-state index is 0.202. The number of carbonyl (C=O) groups is 1. The van der Waals surface area contributed by atoms with Crippen molar-refractivity contribution in [3.63, 3.8) is 0 Å². The summed E-state index contributed by atoms with van der Waals surface area (Å²) in [5.41, 5.74) is 3.84. The molecule has 138 valence electrons. The molecule has 0 saturated heterocycles. The number of thiocarbonyl (C=S) groups is 1. The van der Waals surface area contributed by atoms with Gasteiger partial charge in [-0.15, -0.1) is 0 Å². The summed E-state index contributed by atoms with van der Waals surface area (Å²) in [4.78, 5) is 17.2. The molecule has 0 saturated carbocycles. The van der Waals surface area contributed by atoms with Gasteiger partial charge in [-0.25, -0.2) is 0 Å². The van der Waals surface area contributed by atoms with E-state index in [2.05, 4.69) is 31.5 Å². The molecule has 1 aromatic heterocycles. The zero-order valence-corrected chi connectivity index (χ0v) is 17.5. The van der Waals surface area contributed by atoms with Crippen LogP contribution in [0.15, 0.2) is 46.9 Å². The third kappa shape index (κ3) is 4.26. The quantitative estimate of drug-likeness (QED) is 0.571. The van der Waals surface area contributed by atoms with E-state index in [4.69, 9.17) is 17.0 Å². The Labute approximate surface area is 171 Å². The Bertz CT molecular complexity index is 1050. The molecule has 0 radical (unpaired) electrons. The predicted molar refractivity (Wildman–Crippen MR) is 116 cm³/mol. The van der Waals surface area contributed by atoms with Crippen LogP contribution in [0.4, 0.5) is 5.69 Å². The first-order valence-electron chi connectivity index (χ1n) is 8.22. The number of carbonyl (C=O) groups excluding carboxylic acids is 1. The number of aryl methyl sites for hydroxylation is 2. The first kappa shape index (κ1) is 19.3. The molecule has 0 spiro atoms. The van der Waals surface area contributed by atoms with Crippen LogP contribution in [0.2, 0.25) is 0 Å². The Hall–Kier alpha value is -2.51. The number of benzene rings is 2. The van der Waals surface area contributed by atoms with E-state index in [9.17, 15) is 4.79 Å². The highest BCUT2D eigenvalue weighted by molar-refractivity contribution is 9.10. The second-order valence-electron chi connectivity index (χ2n) is 6.04. The van der Waals surface area contributed by atoms with Crippen molar-refractivity contribution in [3.05, 3.63) is 63.8 Å². The number of rotatable bonds is 3. The standard InChI is InChI=1S/C20H18BrN3O2S/c1-11-9-13(21)10-15(18(11)26-3)19(25)24-20(27)23-17-6-4-5-16-14(17)8-7-12(2)22-16/h4-10H,1-3H3,(H2,23,24,25,27). The van der Waals surface area contributed by atoms with E-state index in [-0.39, 0.29) is 11.0 Å². The number of hydrogen-bond donors (Lipinski definition) is 2. The molecule has 5 nitrogen and oxygen atoms in total. The molecule has 3 rings (SSSR count). The fourth-order valence-electron chi connectivity index (χ4n) is 2.86. The van der Waals surface area contributed by atoms with E-state index in [0.29, 0.717) is 11.3 Å². The summed E-state index contributed by atoms with van der Waals surface area (Å²) in [6.07, 6.45) is 0. The average Bonchev–Trinajstić information content (AvgIpc) is 2.60. The van der Waals surface area contributed by atoms with Crippen LogP contribution in [-0.2, 0) is 0 Å². The second-order valence-corrected chi connectivity index (χ2v) is 7.36. The maximum absolute atomic E-state index is 12.7. The molecule has 0 fully saturated rings. The fourth-order valence-corrected chi connectivity index (χ4v) is 3.63. The highest BCUT2D eigenvalue weighted by Crippen LogP contribution is 2.28. The molecule has 0 unspecified atom stereocenters. The van der Waals surface area contributed by atoms with Crippen LogP contribution in [0.1, 0.15) is 21.6 Å². The first-order chi connectivity index (χ1) is 12.9. The minimum Gasteiger partial charge on any atom is -0.496 e. The Morgan fingerprint density at radius 1 is 1.19 bits per heavy atom. The second kappa shape index (κ2) is 8.02. The lowest BCUT2D eigenvalue weighted by Gasteiger charge is -2.14. The van der Waals surface area contributed by atoms with Crippen LogP contribution < -0.4 is 15.4 Å². The van der Waals surface area contributed by atoms with Crippen LogP contribution in [0, 0.1) is 13.8 Å². The van der Waals surface area contributed by atoms with Gasteiger partial charge >= 0.3 is 0 Å². The van der Waals surface area contributed by atoms with E-state index in [1.165, 1.54) is 7.11 Å². The van der Waals surface area contributed by atoms with Gasteiger partial charge in [-0.1, -0.05) is 22.0 Å². The Balaban J connectivity index is 1.82. The SMILES string of the molecule is COc1c(C)cc(Br)cc1C(=O)NC(=S)Nc1cccc2nc(C)ccc12. The molecule has 27 heavy (non-hydrogen) atoms. The van der Waals surface area contributed by atoms with Crippen LogP contribution in [0.3, 0.4) is 0 Å². The molecule has 1 amide bonds. The minimum atomic E-state index is -0.344. The van der Waals surface area contributed by atoms with Crippen molar-refractivity contribution in [2.75, 3.05) is 12.4 Å². The van der Waals surface area contributed by atoms with Crippen LogP contribution in [0.25, 0.3) is 10.9 Å². The first-order valence-corrected chi connectivity index (χ1v) is 9.42. The largest absolute Gasteiger partial charge is 0.496 e. The van der Waals surface area contributed by atoms with Gasteiger partial charge < -0.3 is 10.1 Å². The van der Waals surface area contributed by atoms with Gasteiger partial charge in [0, 0.05) is 21.2 Å². The number of halogens is 1. The molecule has 3 aromatic rings. The summed E-state index contributed by atoms with van der Waals surface area (Å²) in [6, 6.07) is 13.2. The highest BCUT2D eigenvalue weighted by Gasteiger charge is 2.17. The van der Waals surface area contributed by atoms with Crippen LogP contribution in [-0.4, -0.2) is 23.1 Å². The van der Waals surface area contributed by atoms with Crippen molar-refractivity contribution < 1.29 is 9.53 Å². The van der Waals surface area contributed by atoms with E-state index in [1.54, 1.807) is 6.07 Å². The van der Waals surface area contributed by atoms with Gasteiger partial charge in [0.15, 0.2) is 5.11 Å². The number of methoxy groups -OCH3 is 1. The molecule has 0 aliphatic rings. The number of hydrogen-bond acceptors (Lipinski definition) is 4. The molecule has 0 bridgehead atoms. The number of aromatic nitrogens is 1. The van der Waals surface area contributed by atoms with Gasteiger partial charge in [0.2, 0.25) is 0 Å². The molecule has 0 aliphatic heterocycles.